The minimum atomic E-state index is -0.228. The van der Waals surface area contributed by atoms with Crippen LogP contribution in [-0.4, -0.2) is 37.4 Å². The van der Waals surface area contributed by atoms with Crippen molar-refractivity contribution in [1.82, 2.24) is 5.32 Å². The fraction of sp³-hybridized carbons (Fsp3) is 0.909. The largest absolute Gasteiger partial charge is 0.376 e. The van der Waals surface area contributed by atoms with Crippen LogP contribution in [0.4, 0.5) is 0 Å². The second-order valence-corrected chi connectivity index (χ2v) is 4.35. The van der Waals surface area contributed by atoms with Gasteiger partial charge in [0.25, 0.3) is 0 Å². The van der Waals surface area contributed by atoms with Crippen LogP contribution in [0.3, 0.4) is 0 Å². The third-order valence-electron chi connectivity index (χ3n) is 3.11. The summed E-state index contributed by atoms with van der Waals surface area (Å²) in [6.07, 6.45) is 3.96. The fourth-order valence-electron chi connectivity index (χ4n) is 2.19. The highest BCUT2D eigenvalue weighted by Crippen LogP contribution is 2.17. The number of carbonyl (C=O) groups excluding carboxylic acids is 1. The molecule has 4 nitrogen and oxygen atoms in total. The zero-order chi connectivity index (χ0) is 10.7. The van der Waals surface area contributed by atoms with E-state index in [-0.39, 0.29) is 24.2 Å². The van der Waals surface area contributed by atoms with Gasteiger partial charge in [-0.3, -0.25) is 4.79 Å². The van der Waals surface area contributed by atoms with Gasteiger partial charge in [0.1, 0.15) is 6.10 Å². The van der Waals surface area contributed by atoms with Crippen LogP contribution >= 0.6 is 0 Å². The molecule has 0 aromatic carbocycles. The lowest BCUT2D eigenvalue weighted by atomic mass is 10.1. The van der Waals surface area contributed by atoms with Gasteiger partial charge < -0.3 is 14.8 Å². The molecule has 1 N–H and O–H groups in total. The van der Waals surface area contributed by atoms with Crippen LogP contribution in [0.25, 0.3) is 0 Å². The average Bonchev–Trinajstić information content (AvgIpc) is 2.91. The lowest BCUT2D eigenvalue weighted by Crippen LogP contribution is -2.45. The Morgan fingerprint density at radius 2 is 2.00 bits per heavy atom. The van der Waals surface area contributed by atoms with Gasteiger partial charge >= 0.3 is 0 Å². The van der Waals surface area contributed by atoms with E-state index in [1.165, 1.54) is 0 Å². The third-order valence-corrected chi connectivity index (χ3v) is 3.11. The van der Waals surface area contributed by atoms with Crippen molar-refractivity contribution in [2.24, 2.45) is 0 Å². The molecule has 0 unspecified atom stereocenters. The minimum Gasteiger partial charge on any atom is -0.376 e. The van der Waals surface area contributed by atoms with Crippen molar-refractivity contribution in [3.63, 3.8) is 0 Å². The summed E-state index contributed by atoms with van der Waals surface area (Å²) in [7, 11) is 0. The fourth-order valence-corrected chi connectivity index (χ4v) is 2.19. The molecule has 0 radical (unpaired) electrons. The Balaban J connectivity index is 1.77. The summed E-state index contributed by atoms with van der Waals surface area (Å²) >= 11 is 0. The lowest BCUT2D eigenvalue weighted by Gasteiger charge is -2.21. The maximum atomic E-state index is 11.7. The van der Waals surface area contributed by atoms with Gasteiger partial charge in [-0.05, 0) is 32.6 Å². The summed E-state index contributed by atoms with van der Waals surface area (Å²) in [6.45, 7) is 3.54. The van der Waals surface area contributed by atoms with Gasteiger partial charge in [-0.15, -0.1) is 0 Å². The van der Waals surface area contributed by atoms with Crippen LogP contribution in [0.1, 0.15) is 32.6 Å². The maximum absolute atomic E-state index is 11.7. The first kappa shape index (κ1) is 10.9. The summed E-state index contributed by atoms with van der Waals surface area (Å²) in [4.78, 5) is 11.7. The number of hydrogen-bond donors (Lipinski definition) is 1. The first-order valence-corrected chi connectivity index (χ1v) is 5.81. The minimum absolute atomic E-state index is 0.0236. The van der Waals surface area contributed by atoms with Crippen LogP contribution < -0.4 is 5.32 Å². The first-order chi connectivity index (χ1) is 7.27. The molecule has 0 bridgehead atoms. The van der Waals surface area contributed by atoms with Gasteiger partial charge in [-0.25, -0.2) is 0 Å². The van der Waals surface area contributed by atoms with E-state index < -0.39 is 0 Å². The summed E-state index contributed by atoms with van der Waals surface area (Å²) in [5.74, 6) is 0.0236. The summed E-state index contributed by atoms with van der Waals surface area (Å²) in [6, 6.07) is 0.101. The van der Waals surface area contributed by atoms with Crippen LogP contribution in [0, 0.1) is 0 Å². The monoisotopic (exact) mass is 213 g/mol. The SMILES string of the molecule is C[C@H](NC(=O)[C@@H]1CCCO1)[C@@H]1CCCO1. The Bertz CT molecular complexity index is 220. The Morgan fingerprint density at radius 1 is 1.27 bits per heavy atom. The van der Waals surface area contributed by atoms with Crippen molar-refractivity contribution in [2.45, 2.75) is 50.9 Å². The Hall–Kier alpha value is -0.610. The topological polar surface area (TPSA) is 47.6 Å². The number of carbonyl (C=O) groups is 1. The molecule has 86 valence electrons. The molecule has 0 aromatic heterocycles. The van der Waals surface area contributed by atoms with Crippen LogP contribution in [0.15, 0.2) is 0 Å². The maximum Gasteiger partial charge on any atom is 0.249 e. The highest BCUT2D eigenvalue weighted by atomic mass is 16.5. The van der Waals surface area contributed by atoms with Crippen molar-refractivity contribution in [3.05, 3.63) is 0 Å². The van der Waals surface area contributed by atoms with Crippen molar-refractivity contribution in [1.29, 1.82) is 0 Å². The van der Waals surface area contributed by atoms with Crippen molar-refractivity contribution < 1.29 is 14.3 Å². The molecular weight excluding hydrogens is 194 g/mol. The lowest BCUT2D eigenvalue weighted by molar-refractivity contribution is -0.131. The molecule has 0 aromatic rings. The van der Waals surface area contributed by atoms with Crippen LogP contribution in [-0.2, 0) is 14.3 Å². The Labute approximate surface area is 90.3 Å². The molecular formula is C11H19NO3. The molecule has 15 heavy (non-hydrogen) atoms. The number of ether oxygens (including phenoxy) is 2. The molecule has 1 amide bonds. The average molecular weight is 213 g/mol. The molecule has 0 spiro atoms. The quantitative estimate of drug-likeness (QED) is 0.756. The van der Waals surface area contributed by atoms with Crippen LogP contribution in [0.2, 0.25) is 0 Å². The van der Waals surface area contributed by atoms with E-state index >= 15 is 0 Å². The van der Waals surface area contributed by atoms with Gasteiger partial charge in [0, 0.05) is 13.2 Å². The van der Waals surface area contributed by atoms with Crippen molar-refractivity contribution in [2.75, 3.05) is 13.2 Å². The molecule has 2 saturated heterocycles. The second-order valence-electron chi connectivity index (χ2n) is 4.35. The van der Waals surface area contributed by atoms with Gasteiger partial charge in [0.15, 0.2) is 0 Å². The Kier molecular flexibility index (Phi) is 3.59. The van der Waals surface area contributed by atoms with Crippen LogP contribution in [0.5, 0.6) is 0 Å². The molecule has 0 saturated carbocycles. The molecule has 4 heteroatoms. The van der Waals surface area contributed by atoms with Crippen molar-refractivity contribution >= 4 is 5.91 Å². The van der Waals surface area contributed by atoms with Gasteiger partial charge in [0.2, 0.25) is 5.91 Å². The normalized spacial score (nSPS) is 32.9. The number of hydrogen-bond acceptors (Lipinski definition) is 3. The molecule has 2 rings (SSSR count). The molecule has 3 atom stereocenters. The van der Waals surface area contributed by atoms with E-state index in [1.807, 2.05) is 6.92 Å². The number of nitrogens with one attached hydrogen (secondary N) is 1. The molecule has 2 fully saturated rings. The van der Waals surface area contributed by atoms with E-state index in [4.69, 9.17) is 9.47 Å². The summed E-state index contributed by atoms with van der Waals surface area (Å²) in [5.41, 5.74) is 0. The Morgan fingerprint density at radius 3 is 2.60 bits per heavy atom. The van der Waals surface area contributed by atoms with Crippen molar-refractivity contribution in [3.8, 4) is 0 Å². The summed E-state index contributed by atoms with van der Waals surface area (Å²) < 4.78 is 10.8. The zero-order valence-corrected chi connectivity index (χ0v) is 9.20. The van der Waals surface area contributed by atoms with E-state index in [9.17, 15) is 4.79 Å². The van der Waals surface area contributed by atoms with E-state index in [2.05, 4.69) is 5.32 Å². The highest BCUT2D eigenvalue weighted by molar-refractivity contribution is 5.81. The standard InChI is InChI=1S/C11H19NO3/c1-8(9-4-2-6-14-9)12-11(13)10-5-3-7-15-10/h8-10H,2-7H2,1H3,(H,12,13)/t8-,9-,10-/m0/s1. The van der Waals surface area contributed by atoms with Gasteiger partial charge in [0.05, 0.1) is 12.1 Å². The second kappa shape index (κ2) is 4.94. The first-order valence-electron chi connectivity index (χ1n) is 5.81. The predicted octanol–water partition coefficient (Wildman–Crippen LogP) is 0.849. The van der Waals surface area contributed by atoms with E-state index in [0.29, 0.717) is 6.61 Å². The molecule has 0 aliphatic carbocycles. The predicted molar refractivity (Wildman–Crippen MR) is 55.6 cm³/mol. The van der Waals surface area contributed by atoms with Gasteiger partial charge in [-0.2, -0.15) is 0 Å². The highest BCUT2D eigenvalue weighted by Gasteiger charge is 2.28. The van der Waals surface area contributed by atoms with E-state index in [0.717, 1.165) is 32.3 Å². The summed E-state index contributed by atoms with van der Waals surface area (Å²) in [5, 5.41) is 2.97. The number of amides is 1. The molecule has 2 aliphatic rings. The van der Waals surface area contributed by atoms with Gasteiger partial charge in [-0.1, -0.05) is 0 Å². The molecule has 2 heterocycles. The van der Waals surface area contributed by atoms with E-state index in [1.54, 1.807) is 0 Å². The number of rotatable bonds is 3. The third kappa shape index (κ3) is 2.69. The smallest absolute Gasteiger partial charge is 0.249 e. The zero-order valence-electron chi connectivity index (χ0n) is 9.20. The molecule has 2 aliphatic heterocycles.